The molecule has 5 heteroatoms. The van der Waals surface area contributed by atoms with Crippen LogP contribution < -0.4 is 10.9 Å². The van der Waals surface area contributed by atoms with Crippen LogP contribution in [0.3, 0.4) is 0 Å². The maximum atomic E-state index is 12.3. The molecule has 0 spiro atoms. The van der Waals surface area contributed by atoms with Gasteiger partial charge in [0.1, 0.15) is 6.54 Å². The van der Waals surface area contributed by atoms with Crippen LogP contribution in [0.2, 0.25) is 0 Å². The molecule has 1 aromatic carbocycles. The zero-order valence-corrected chi connectivity index (χ0v) is 14.7. The summed E-state index contributed by atoms with van der Waals surface area (Å²) in [7, 11) is 0. The molecule has 2 rings (SSSR count). The molecule has 0 aliphatic carbocycles. The molecule has 116 valence electrons. The second-order valence-corrected chi connectivity index (χ2v) is 6.51. The topological polar surface area (TPSA) is 51.1 Å². The molecule has 0 unspecified atom stereocenters. The molecule has 4 nitrogen and oxygen atoms in total. The number of pyridine rings is 1. The van der Waals surface area contributed by atoms with Crippen molar-refractivity contribution in [3.63, 3.8) is 0 Å². The van der Waals surface area contributed by atoms with E-state index in [2.05, 4.69) is 21.2 Å². The highest BCUT2D eigenvalue weighted by molar-refractivity contribution is 9.10. The van der Waals surface area contributed by atoms with Crippen molar-refractivity contribution in [1.29, 1.82) is 0 Å². The first-order valence-corrected chi connectivity index (χ1v) is 7.81. The van der Waals surface area contributed by atoms with Crippen LogP contribution in [-0.4, -0.2) is 10.5 Å². The maximum absolute atomic E-state index is 12.3. The lowest BCUT2D eigenvalue weighted by molar-refractivity contribution is -0.116. The molecule has 1 amide bonds. The summed E-state index contributed by atoms with van der Waals surface area (Å²) in [5.41, 5.74) is 4.45. The van der Waals surface area contributed by atoms with E-state index in [0.717, 1.165) is 26.9 Å². The van der Waals surface area contributed by atoms with Crippen molar-refractivity contribution in [2.75, 3.05) is 5.32 Å². The van der Waals surface area contributed by atoms with E-state index in [4.69, 9.17) is 0 Å². The maximum Gasteiger partial charge on any atom is 0.253 e. The molecule has 22 heavy (non-hydrogen) atoms. The van der Waals surface area contributed by atoms with Crippen LogP contribution in [0.25, 0.3) is 0 Å². The van der Waals surface area contributed by atoms with Gasteiger partial charge in [-0.2, -0.15) is 0 Å². The zero-order valence-electron chi connectivity index (χ0n) is 13.2. The third-order valence-corrected chi connectivity index (χ3v) is 3.92. The highest BCUT2D eigenvalue weighted by atomic mass is 79.9. The summed E-state index contributed by atoms with van der Waals surface area (Å²) in [4.78, 5) is 24.3. The van der Waals surface area contributed by atoms with Gasteiger partial charge in [-0.3, -0.25) is 9.59 Å². The molecule has 1 aromatic heterocycles. The van der Waals surface area contributed by atoms with Crippen LogP contribution in [0.1, 0.15) is 22.3 Å². The van der Waals surface area contributed by atoms with Gasteiger partial charge < -0.3 is 9.88 Å². The predicted molar refractivity (Wildman–Crippen MR) is 92.4 cm³/mol. The number of halogens is 1. The molecule has 0 radical (unpaired) electrons. The highest BCUT2D eigenvalue weighted by Gasteiger charge is 2.11. The molecule has 2 aromatic rings. The second kappa shape index (κ2) is 6.48. The first kappa shape index (κ1) is 16.5. The average molecular weight is 363 g/mol. The van der Waals surface area contributed by atoms with E-state index in [1.807, 2.05) is 32.9 Å². The highest BCUT2D eigenvalue weighted by Crippen LogP contribution is 2.21. The van der Waals surface area contributed by atoms with Crippen molar-refractivity contribution in [2.24, 2.45) is 0 Å². The van der Waals surface area contributed by atoms with Gasteiger partial charge in [0.25, 0.3) is 5.56 Å². The average Bonchev–Trinajstić information content (AvgIpc) is 2.39. The number of rotatable bonds is 3. The molecule has 0 saturated carbocycles. The summed E-state index contributed by atoms with van der Waals surface area (Å²) in [5, 5.41) is 2.91. The number of carbonyl (C=O) groups is 1. The predicted octanol–water partition coefficient (Wildman–Crippen LogP) is 3.48. The molecule has 0 bridgehead atoms. The molecule has 1 N–H and O–H groups in total. The lowest BCUT2D eigenvalue weighted by atomic mass is 10.1. The Balaban J connectivity index is 2.23. The number of nitrogens with one attached hydrogen (secondary N) is 1. The Morgan fingerprint density at radius 1 is 1.09 bits per heavy atom. The minimum Gasteiger partial charge on any atom is -0.324 e. The molecular formula is C17H19BrN2O2. The van der Waals surface area contributed by atoms with E-state index in [1.165, 1.54) is 4.57 Å². The largest absolute Gasteiger partial charge is 0.324 e. The van der Waals surface area contributed by atoms with Crippen LogP contribution in [0.15, 0.2) is 33.7 Å². The van der Waals surface area contributed by atoms with Crippen LogP contribution in [0, 0.1) is 27.7 Å². The van der Waals surface area contributed by atoms with Crippen LogP contribution in [0.4, 0.5) is 5.69 Å². The second-order valence-electron chi connectivity index (χ2n) is 5.60. The Bertz CT molecular complexity index is 771. The summed E-state index contributed by atoms with van der Waals surface area (Å²) in [6, 6.07) is 5.79. The number of carbonyl (C=O) groups excluding carboxylic acids is 1. The fourth-order valence-corrected chi connectivity index (χ4v) is 3.16. The lowest BCUT2D eigenvalue weighted by Gasteiger charge is -2.14. The number of anilines is 1. The van der Waals surface area contributed by atoms with Gasteiger partial charge in [0, 0.05) is 21.9 Å². The fraction of sp³-hybridized carbons (Fsp3) is 0.294. The van der Waals surface area contributed by atoms with Gasteiger partial charge in [0.15, 0.2) is 0 Å². The summed E-state index contributed by atoms with van der Waals surface area (Å²) in [6.45, 7) is 7.67. The zero-order chi connectivity index (χ0) is 16.4. The number of amides is 1. The van der Waals surface area contributed by atoms with Crippen LogP contribution >= 0.6 is 15.9 Å². The molecular weight excluding hydrogens is 344 g/mol. The standard InChI is InChI=1S/C17H19BrN2O2/c1-10-5-11(2)16(12(3)6-10)19-15(21)9-20-8-14(18)7-13(4)17(20)22/h5-8H,9H2,1-4H3,(H,19,21). The Hall–Kier alpha value is -1.88. The number of aryl methyl sites for hydroxylation is 4. The van der Waals surface area contributed by atoms with Gasteiger partial charge in [-0.1, -0.05) is 17.7 Å². The third-order valence-electron chi connectivity index (χ3n) is 3.49. The number of hydrogen-bond donors (Lipinski definition) is 1. The normalized spacial score (nSPS) is 10.6. The molecule has 0 atom stereocenters. The molecule has 1 heterocycles. The first-order valence-electron chi connectivity index (χ1n) is 7.02. The van der Waals surface area contributed by atoms with Gasteiger partial charge in [0.2, 0.25) is 5.91 Å². The Kier molecular flexibility index (Phi) is 4.86. The lowest BCUT2D eigenvalue weighted by Crippen LogP contribution is -2.28. The monoisotopic (exact) mass is 362 g/mol. The number of nitrogens with zero attached hydrogens (tertiary/aromatic N) is 1. The smallest absolute Gasteiger partial charge is 0.253 e. The van der Waals surface area contributed by atoms with Crippen molar-refractivity contribution in [2.45, 2.75) is 34.2 Å². The summed E-state index contributed by atoms with van der Waals surface area (Å²) < 4.78 is 2.19. The van der Waals surface area contributed by atoms with Gasteiger partial charge in [-0.05, 0) is 60.8 Å². The van der Waals surface area contributed by atoms with Gasteiger partial charge in [-0.25, -0.2) is 0 Å². The van der Waals surface area contributed by atoms with Crippen LogP contribution in [0.5, 0.6) is 0 Å². The van der Waals surface area contributed by atoms with Gasteiger partial charge in [-0.15, -0.1) is 0 Å². The third kappa shape index (κ3) is 3.65. The summed E-state index contributed by atoms with van der Waals surface area (Å²) in [6.07, 6.45) is 1.63. The Labute approximate surface area is 138 Å². The fourth-order valence-electron chi connectivity index (χ4n) is 2.57. The summed E-state index contributed by atoms with van der Waals surface area (Å²) >= 11 is 3.34. The Morgan fingerprint density at radius 2 is 1.68 bits per heavy atom. The molecule has 0 aliphatic rings. The quantitative estimate of drug-likeness (QED) is 0.908. The number of benzene rings is 1. The van der Waals surface area contributed by atoms with Crippen molar-refractivity contribution < 1.29 is 4.79 Å². The minimum atomic E-state index is -0.213. The summed E-state index contributed by atoms with van der Waals surface area (Å²) in [5.74, 6) is -0.213. The molecule has 0 saturated heterocycles. The molecule has 0 aliphatic heterocycles. The van der Waals surface area contributed by atoms with Crippen molar-refractivity contribution in [1.82, 2.24) is 4.57 Å². The van der Waals surface area contributed by atoms with E-state index in [9.17, 15) is 9.59 Å². The van der Waals surface area contributed by atoms with E-state index in [-0.39, 0.29) is 18.0 Å². The molecule has 0 fully saturated rings. The van der Waals surface area contributed by atoms with E-state index in [0.29, 0.717) is 5.56 Å². The van der Waals surface area contributed by atoms with Crippen LogP contribution in [-0.2, 0) is 11.3 Å². The van der Waals surface area contributed by atoms with Crippen molar-refractivity contribution in [3.05, 3.63) is 61.5 Å². The number of hydrogen-bond acceptors (Lipinski definition) is 2. The Morgan fingerprint density at radius 3 is 2.27 bits per heavy atom. The van der Waals surface area contributed by atoms with Crippen molar-refractivity contribution >= 4 is 27.5 Å². The van der Waals surface area contributed by atoms with E-state index in [1.54, 1.807) is 19.2 Å². The van der Waals surface area contributed by atoms with Gasteiger partial charge >= 0.3 is 0 Å². The first-order chi connectivity index (χ1) is 10.3. The van der Waals surface area contributed by atoms with E-state index >= 15 is 0 Å². The van der Waals surface area contributed by atoms with Gasteiger partial charge in [0.05, 0.1) is 0 Å². The minimum absolute atomic E-state index is 0.00807. The van der Waals surface area contributed by atoms with Crippen molar-refractivity contribution in [3.8, 4) is 0 Å². The van der Waals surface area contributed by atoms with E-state index < -0.39 is 0 Å². The number of aromatic nitrogens is 1. The SMILES string of the molecule is Cc1cc(C)c(NC(=O)Cn2cc(Br)cc(C)c2=O)c(C)c1.